The molecule has 0 spiro atoms. The molecule has 0 aliphatic carbocycles. The number of rotatable bonds is 5. The van der Waals surface area contributed by atoms with E-state index in [0.29, 0.717) is 6.61 Å². The molecule has 0 atom stereocenters. The first-order valence-electron chi connectivity index (χ1n) is 3.98. The summed E-state index contributed by atoms with van der Waals surface area (Å²) in [5, 5.41) is 8.32. The number of nitrogens with zero attached hydrogens (tertiary/aromatic N) is 1. The van der Waals surface area contributed by atoms with Gasteiger partial charge in [-0.15, -0.1) is 0 Å². The smallest absolute Gasteiger partial charge is 0.305 e. The van der Waals surface area contributed by atoms with E-state index >= 15 is 0 Å². The summed E-state index contributed by atoms with van der Waals surface area (Å²) in [4.78, 5) is 14.1. The summed E-state index contributed by atoms with van der Waals surface area (Å²) >= 11 is 0. The number of carboxylic acid groups (broad SMARTS) is 1. The van der Waals surface area contributed by atoms with Crippen LogP contribution in [0.25, 0.3) is 0 Å². The molecule has 0 unspecified atom stereocenters. The van der Waals surface area contributed by atoms with E-state index < -0.39 is 5.97 Å². The zero-order valence-corrected chi connectivity index (χ0v) is 7.14. The lowest BCUT2D eigenvalue weighted by Gasteiger charge is -2.00. The summed E-state index contributed by atoms with van der Waals surface area (Å²) < 4.78 is 5.09. The van der Waals surface area contributed by atoms with E-state index in [1.54, 1.807) is 6.20 Å². The van der Waals surface area contributed by atoms with Gasteiger partial charge in [-0.05, 0) is 12.1 Å². The van der Waals surface area contributed by atoms with Crippen LogP contribution < -0.4 is 0 Å². The molecule has 0 saturated carbocycles. The van der Waals surface area contributed by atoms with Crippen molar-refractivity contribution in [3.05, 3.63) is 30.1 Å². The first kappa shape index (κ1) is 9.67. The van der Waals surface area contributed by atoms with E-state index in [1.807, 2.05) is 18.2 Å². The lowest BCUT2D eigenvalue weighted by Crippen LogP contribution is -2.03. The van der Waals surface area contributed by atoms with Gasteiger partial charge in [0, 0.05) is 6.20 Å². The third-order valence-electron chi connectivity index (χ3n) is 1.44. The quantitative estimate of drug-likeness (QED) is 0.690. The Morgan fingerprint density at radius 1 is 1.54 bits per heavy atom. The average molecular weight is 181 g/mol. The van der Waals surface area contributed by atoms with Crippen molar-refractivity contribution in [1.29, 1.82) is 0 Å². The van der Waals surface area contributed by atoms with Gasteiger partial charge in [-0.25, -0.2) is 0 Å². The molecule has 4 heteroatoms. The van der Waals surface area contributed by atoms with Crippen LogP contribution in [0.15, 0.2) is 24.4 Å². The molecular weight excluding hydrogens is 170 g/mol. The van der Waals surface area contributed by atoms with E-state index in [0.717, 1.165) is 5.69 Å². The fourth-order valence-corrected chi connectivity index (χ4v) is 0.820. The van der Waals surface area contributed by atoms with Gasteiger partial charge in [-0.3, -0.25) is 9.78 Å². The molecule has 1 N–H and O–H groups in total. The molecule has 1 rings (SSSR count). The molecule has 0 aliphatic heterocycles. The van der Waals surface area contributed by atoms with Gasteiger partial charge in [0.05, 0.1) is 25.3 Å². The maximum absolute atomic E-state index is 10.1. The Kier molecular flexibility index (Phi) is 3.92. The van der Waals surface area contributed by atoms with Gasteiger partial charge in [0.15, 0.2) is 0 Å². The summed E-state index contributed by atoms with van der Waals surface area (Å²) in [6.07, 6.45) is 1.71. The topological polar surface area (TPSA) is 59.4 Å². The molecule has 0 aliphatic rings. The largest absolute Gasteiger partial charge is 0.481 e. The summed E-state index contributed by atoms with van der Waals surface area (Å²) in [6, 6.07) is 5.52. The third kappa shape index (κ3) is 4.22. The fourth-order valence-electron chi connectivity index (χ4n) is 0.820. The van der Waals surface area contributed by atoms with Gasteiger partial charge in [-0.2, -0.15) is 0 Å². The Labute approximate surface area is 76.2 Å². The zero-order chi connectivity index (χ0) is 9.52. The fraction of sp³-hybridized carbons (Fsp3) is 0.333. The number of pyridine rings is 1. The van der Waals surface area contributed by atoms with Crippen LogP contribution >= 0.6 is 0 Å². The molecule has 0 saturated heterocycles. The highest BCUT2D eigenvalue weighted by Gasteiger charge is 1.97. The van der Waals surface area contributed by atoms with Gasteiger partial charge in [0.1, 0.15) is 0 Å². The number of hydrogen-bond donors (Lipinski definition) is 1. The lowest BCUT2D eigenvalue weighted by atomic mass is 10.4. The van der Waals surface area contributed by atoms with Crippen LogP contribution in [0, 0.1) is 0 Å². The highest BCUT2D eigenvalue weighted by atomic mass is 16.5. The molecule has 1 aromatic rings. The standard InChI is InChI=1S/C9H11NO3/c11-9(12)4-6-13-7-8-3-1-2-5-10-8/h1-3,5H,4,6-7H2,(H,11,12). The Balaban J connectivity index is 2.17. The van der Waals surface area contributed by atoms with Crippen LogP contribution in [0.2, 0.25) is 0 Å². The van der Waals surface area contributed by atoms with Crippen molar-refractivity contribution < 1.29 is 14.6 Å². The van der Waals surface area contributed by atoms with Crippen molar-refractivity contribution in [3.8, 4) is 0 Å². The van der Waals surface area contributed by atoms with Crippen molar-refractivity contribution in [2.45, 2.75) is 13.0 Å². The molecular formula is C9H11NO3. The molecule has 0 bridgehead atoms. The maximum atomic E-state index is 10.1. The van der Waals surface area contributed by atoms with Gasteiger partial charge in [0.25, 0.3) is 0 Å². The van der Waals surface area contributed by atoms with E-state index in [9.17, 15) is 4.79 Å². The minimum atomic E-state index is -0.846. The van der Waals surface area contributed by atoms with Gasteiger partial charge < -0.3 is 9.84 Å². The van der Waals surface area contributed by atoms with Crippen LogP contribution in [-0.2, 0) is 16.1 Å². The second kappa shape index (κ2) is 5.27. The van der Waals surface area contributed by atoms with Crippen LogP contribution in [0.5, 0.6) is 0 Å². The van der Waals surface area contributed by atoms with Crippen molar-refractivity contribution >= 4 is 5.97 Å². The lowest BCUT2D eigenvalue weighted by molar-refractivity contribution is -0.138. The second-order valence-corrected chi connectivity index (χ2v) is 2.52. The first-order valence-corrected chi connectivity index (χ1v) is 3.98. The SMILES string of the molecule is O=C(O)CCOCc1ccccn1. The average Bonchev–Trinajstić information content (AvgIpc) is 2.14. The van der Waals surface area contributed by atoms with Gasteiger partial charge in [0.2, 0.25) is 0 Å². The molecule has 0 aromatic carbocycles. The zero-order valence-electron chi connectivity index (χ0n) is 7.14. The van der Waals surface area contributed by atoms with Crippen molar-refractivity contribution in [2.75, 3.05) is 6.61 Å². The number of carbonyl (C=O) groups is 1. The molecule has 0 amide bonds. The van der Waals surface area contributed by atoms with Crippen molar-refractivity contribution in [2.24, 2.45) is 0 Å². The molecule has 0 radical (unpaired) electrons. The minimum Gasteiger partial charge on any atom is -0.481 e. The summed E-state index contributed by atoms with van der Waals surface area (Å²) in [7, 11) is 0. The monoisotopic (exact) mass is 181 g/mol. The molecule has 1 aromatic heterocycles. The predicted molar refractivity (Wildman–Crippen MR) is 46.1 cm³/mol. The van der Waals surface area contributed by atoms with Crippen molar-refractivity contribution in [1.82, 2.24) is 4.98 Å². The Morgan fingerprint density at radius 3 is 3.00 bits per heavy atom. The van der Waals surface area contributed by atoms with E-state index in [4.69, 9.17) is 9.84 Å². The number of carboxylic acids is 1. The normalized spacial score (nSPS) is 9.85. The highest BCUT2D eigenvalue weighted by molar-refractivity contribution is 5.66. The first-order chi connectivity index (χ1) is 6.29. The van der Waals surface area contributed by atoms with Gasteiger partial charge >= 0.3 is 5.97 Å². The van der Waals surface area contributed by atoms with Crippen LogP contribution in [0.1, 0.15) is 12.1 Å². The second-order valence-electron chi connectivity index (χ2n) is 2.52. The Hall–Kier alpha value is -1.42. The predicted octanol–water partition coefficient (Wildman–Crippen LogP) is 1.07. The maximum Gasteiger partial charge on any atom is 0.305 e. The summed E-state index contributed by atoms with van der Waals surface area (Å²) in [5.41, 5.74) is 0.813. The molecule has 1 heterocycles. The number of aromatic nitrogens is 1. The van der Waals surface area contributed by atoms with Crippen LogP contribution in [0.4, 0.5) is 0 Å². The Morgan fingerprint density at radius 2 is 2.38 bits per heavy atom. The molecule has 13 heavy (non-hydrogen) atoms. The number of ether oxygens (including phenoxy) is 1. The van der Waals surface area contributed by atoms with E-state index in [1.165, 1.54) is 0 Å². The molecule has 70 valence electrons. The van der Waals surface area contributed by atoms with Gasteiger partial charge in [-0.1, -0.05) is 6.07 Å². The third-order valence-corrected chi connectivity index (χ3v) is 1.44. The van der Waals surface area contributed by atoms with E-state index in [2.05, 4.69) is 4.98 Å². The van der Waals surface area contributed by atoms with Crippen molar-refractivity contribution in [3.63, 3.8) is 0 Å². The number of aliphatic carboxylic acids is 1. The van der Waals surface area contributed by atoms with E-state index in [-0.39, 0.29) is 13.0 Å². The van der Waals surface area contributed by atoms with Crippen LogP contribution in [-0.4, -0.2) is 22.7 Å². The van der Waals surface area contributed by atoms with Crippen LogP contribution in [0.3, 0.4) is 0 Å². The Bertz CT molecular complexity index is 261. The summed E-state index contributed by atoms with van der Waals surface area (Å²) in [6.45, 7) is 0.597. The minimum absolute atomic E-state index is 0.0346. The summed E-state index contributed by atoms with van der Waals surface area (Å²) in [5.74, 6) is -0.846. The number of hydrogen-bond acceptors (Lipinski definition) is 3. The highest BCUT2D eigenvalue weighted by Crippen LogP contribution is 1.96. The molecule has 0 fully saturated rings. The molecule has 4 nitrogen and oxygen atoms in total.